The first-order valence-corrected chi connectivity index (χ1v) is 7.63. The number of aliphatic hydroxyl groups is 1. The largest absolute Gasteiger partial charge is 0.395 e. The van der Waals surface area contributed by atoms with E-state index in [0.29, 0.717) is 18.4 Å². The third-order valence-corrected chi connectivity index (χ3v) is 2.46. The topological polar surface area (TPSA) is 70.4 Å². The second-order valence-corrected chi connectivity index (χ2v) is 5.71. The maximum atomic E-state index is 8.68. The van der Waals surface area contributed by atoms with Crippen LogP contribution in [0.15, 0.2) is 11.2 Å². The van der Waals surface area contributed by atoms with E-state index >= 15 is 0 Å². The third kappa shape index (κ3) is 9.96. The molecule has 120 valence electrons. The molecule has 5 nitrogen and oxygen atoms in total. The van der Waals surface area contributed by atoms with Crippen LogP contribution < -0.4 is 5.32 Å². The van der Waals surface area contributed by atoms with Crippen LogP contribution >= 0.6 is 0 Å². The molecule has 1 atom stereocenters. The predicted molar refractivity (Wildman–Crippen MR) is 90.5 cm³/mol. The van der Waals surface area contributed by atoms with Gasteiger partial charge in [-0.25, -0.2) is 9.97 Å². The van der Waals surface area contributed by atoms with Gasteiger partial charge in [-0.15, -0.1) is 0 Å². The molecule has 1 heterocycles. The van der Waals surface area contributed by atoms with Crippen molar-refractivity contribution >= 4 is 17.9 Å². The van der Waals surface area contributed by atoms with E-state index in [1.165, 1.54) is 0 Å². The quantitative estimate of drug-likeness (QED) is 0.786. The number of aromatic nitrogens is 2. The number of rotatable bonds is 6. The molecule has 2 N–H and O–H groups in total. The van der Waals surface area contributed by atoms with Crippen LogP contribution in [-0.4, -0.2) is 34.4 Å². The molecule has 0 aliphatic carbocycles. The predicted octanol–water partition coefficient (Wildman–Crippen LogP) is 3.60. The van der Waals surface area contributed by atoms with Crippen LogP contribution in [0.4, 0.5) is 11.6 Å². The lowest BCUT2D eigenvalue weighted by molar-refractivity contribution is 0.311. The van der Waals surface area contributed by atoms with Gasteiger partial charge in [0.2, 0.25) is 5.95 Å². The third-order valence-electron chi connectivity index (χ3n) is 2.46. The van der Waals surface area contributed by atoms with Gasteiger partial charge in [0.1, 0.15) is 5.69 Å². The van der Waals surface area contributed by atoms with Gasteiger partial charge in [-0.3, -0.25) is 4.99 Å². The Labute approximate surface area is 128 Å². The molecule has 5 heteroatoms. The lowest BCUT2D eigenvalue weighted by atomic mass is 10.1. The summed E-state index contributed by atoms with van der Waals surface area (Å²) in [6, 6.07) is 0. The summed E-state index contributed by atoms with van der Waals surface area (Å²) < 4.78 is 0. The molecular formula is C16H30N4O. The summed E-state index contributed by atoms with van der Waals surface area (Å²) in [7, 11) is 0. The fourth-order valence-corrected chi connectivity index (χ4v) is 1.15. The van der Waals surface area contributed by atoms with Crippen LogP contribution in [0.5, 0.6) is 0 Å². The summed E-state index contributed by atoms with van der Waals surface area (Å²) in [4.78, 5) is 12.8. The molecule has 0 radical (unpaired) electrons. The zero-order valence-corrected chi connectivity index (χ0v) is 14.2. The monoisotopic (exact) mass is 294 g/mol. The van der Waals surface area contributed by atoms with E-state index in [9.17, 15) is 0 Å². The molecule has 21 heavy (non-hydrogen) atoms. The first-order valence-electron chi connectivity index (χ1n) is 7.63. The SMILES string of the molecule is CC(C)C.CCC(C)C=Nc1cnc(NCCO)nc1C. The van der Waals surface area contributed by atoms with Crippen LogP contribution in [0.3, 0.4) is 0 Å². The van der Waals surface area contributed by atoms with Gasteiger partial charge >= 0.3 is 0 Å². The van der Waals surface area contributed by atoms with Crippen LogP contribution in [0, 0.1) is 18.8 Å². The highest BCUT2D eigenvalue weighted by atomic mass is 16.3. The Hall–Kier alpha value is -1.49. The second kappa shape index (κ2) is 11.2. The Morgan fingerprint density at radius 2 is 1.95 bits per heavy atom. The smallest absolute Gasteiger partial charge is 0.223 e. The van der Waals surface area contributed by atoms with Crippen molar-refractivity contribution in [2.24, 2.45) is 16.8 Å². The van der Waals surface area contributed by atoms with Crippen molar-refractivity contribution in [1.29, 1.82) is 0 Å². The first kappa shape index (κ1) is 19.5. The van der Waals surface area contributed by atoms with Crippen LogP contribution in [0.1, 0.15) is 46.7 Å². The van der Waals surface area contributed by atoms with Crippen molar-refractivity contribution in [2.75, 3.05) is 18.5 Å². The molecule has 0 saturated carbocycles. The van der Waals surface area contributed by atoms with E-state index < -0.39 is 0 Å². The number of aryl methyl sites for hydroxylation is 1. The molecule has 0 spiro atoms. The number of nitrogens with one attached hydrogen (secondary N) is 1. The number of aliphatic imine (C=N–C) groups is 1. The molecule has 0 aromatic carbocycles. The van der Waals surface area contributed by atoms with E-state index in [1.54, 1.807) is 6.20 Å². The lowest BCUT2D eigenvalue weighted by Gasteiger charge is -2.05. The minimum absolute atomic E-state index is 0.0658. The summed E-state index contributed by atoms with van der Waals surface area (Å²) in [6.45, 7) is 13.2. The highest BCUT2D eigenvalue weighted by Crippen LogP contribution is 2.16. The Balaban J connectivity index is 0.000000885. The van der Waals surface area contributed by atoms with Crippen molar-refractivity contribution in [3.8, 4) is 0 Å². The lowest BCUT2D eigenvalue weighted by Crippen LogP contribution is -2.08. The summed E-state index contributed by atoms with van der Waals surface area (Å²) in [5.41, 5.74) is 1.62. The number of aliphatic hydroxyl groups excluding tert-OH is 1. The van der Waals surface area contributed by atoms with Crippen molar-refractivity contribution < 1.29 is 5.11 Å². The van der Waals surface area contributed by atoms with Gasteiger partial charge in [-0.1, -0.05) is 34.6 Å². The molecule has 0 aliphatic heterocycles. The van der Waals surface area contributed by atoms with E-state index in [-0.39, 0.29) is 6.61 Å². The summed E-state index contributed by atoms with van der Waals surface area (Å²) in [5.74, 6) is 1.82. The van der Waals surface area contributed by atoms with Crippen LogP contribution in [0.2, 0.25) is 0 Å². The zero-order valence-electron chi connectivity index (χ0n) is 14.2. The van der Waals surface area contributed by atoms with Gasteiger partial charge in [0.15, 0.2) is 0 Å². The molecule has 1 aromatic rings. The fraction of sp³-hybridized carbons (Fsp3) is 0.688. The molecule has 0 aliphatic rings. The number of anilines is 1. The van der Waals surface area contributed by atoms with Gasteiger partial charge in [-0.2, -0.15) is 0 Å². The van der Waals surface area contributed by atoms with Gasteiger partial charge < -0.3 is 10.4 Å². The minimum atomic E-state index is 0.0658. The van der Waals surface area contributed by atoms with Crippen molar-refractivity contribution in [3.05, 3.63) is 11.9 Å². The molecule has 1 rings (SSSR count). The minimum Gasteiger partial charge on any atom is -0.395 e. The standard InChI is InChI=1S/C12H20N4O.C4H10/c1-4-9(2)7-14-11-8-15-12(13-5-6-17)16-10(11)3;1-4(2)3/h7-9,17H,4-6H2,1-3H3,(H,13,15,16);4H,1-3H3. The Bertz CT molecular complexity index is 416. The Kier molecular flexibility index (Phi) is 10.4. The average molecular weight is 294 g/mol. The Morgan fingerprint density at radius 1 is 1.33 bits per heavy atom. The molecule has 0 bridgehead atoms. The van der Waals surface area contributed by atoms with Gasteiger partial charge in [0.25, 0.3) is 0 Å². The van der Waals surface area contributed by atoms with Crippen molar-refractivity contribution in [1.82, 2.24) is 9.97 Å². The molecule has 1 unspecified atom stereocenters. The number of nitrogens with zero attached hydrogens (tertiary/aromatic N) is 3. The van der Waals surface area contributed by atoms with E-state index in [2.05, 4.69) is 54.9 Å². The van der Waals surface area contributed by atoms with Gasteiger partial charge in [0.05, 0.1) is 18.5 Å². The van der Waals surface area contributed by atoms with Crippen LogP contribution in [-0.2, 0) is 0 Å². The molecule has 0 fully saturated rings. The van der Waals surface area contributed by atoms with E-state index in [4.69, 9.17) is 5.11 Å². The number of hydrogen-bond acceptors (Lipinski definition) is 5. The first-order chi connectivity index (χ1) is 9.90. The summed E-state index contributed by atoms with van der Waals surface area (Å²) in [5, 5.41) is 11.6. The van der Waals surface area contributed by atoms with Gasteiger partial charge in [0, 0.05) is 12.8 Å². The molecule has 0 amide bonds. The highest BCUT2D eigenvalue weighted by Gasteiger charge is 2.01. The maximum absolute atomic E-state index is 8.68. The molecular weight excluding hydrogens is 264 g/mol. The van der Waals surface area contributed by atoms with Crippen molar-refractivity contribution in [3.63, 3.8) is 0 Å². The summed E-state index contributed by atoms with van der Waals surface area (Å²) in [6.07, 6.45) is 4.69. The highest BCUT2D eigenvalue weighted by molar-refractivity contribution is 5.65. The molecule has 0 saturated heterocycles. The second-order valence-electron chi connectivity index (χ2n) is 5.71. The average Bonchev–Trinajstić information content (AvgIpc) is 2.43. The van der Waals surface area contributed by atoms with Crippen LogP contribution in [0.25, 0.3) is 0 Å². The Morgan fingerprint density at radius 3 is 2.43 bits per heavy atom. The van der Waals surface area contributed by atoms with E-state index in [1.807, 2.05) is 13.1 Å². The summed E-state index contributed by atoms with van der Waals surface area (Å²) >= 11 is 0. The fourth-order valence-electron chi connectivity index (χ4n) is 1.15. The molecule has 1 aromatic heterocycles. The zero-order chi connectivity index (χ0) is 16.3. The van der Waals surface area contributed by atoms with Crippen molar-refractivity contribution in [2.45, 2.75) is 48.0 Å². The van der Waals surface area contributed by atoms with E-state index in [0.717, 1.165) is 23.7 Å². The maximum Gasteiger partial charge on any atom is 0.223 e. The number of hydrogen-bond donors (Lipinski definition) is 2. The van der Waals surface area contributed by atoms with Gasteiger partial charge in [-0.05, 0) is 25.2 Å². The normalized spacial score (nSPS) is 12.2.